The van der Waals surface area contributed by atoms with Crippen molar-refractivity contribution in [1.82, 2.24) is 4.98 Å². The Balaban J connectivity index is 3.58. The number of hydrogen-bond donors (Lipinski definition) is 0. The molecular weight excluding hydrogens is 244 g/mol. The second-order valence-electron chi connectivity index (χ2n) is 2.68. The minimum Gasteiger partial charge on any atom is -0.258 e. The van der Waals surface area contributed by atoms with Crippen LogP contribution in [0.25, 0.3) is 0 Å². The Bertz CT molecular complexity index is 473. The Labute approximate surface area is 93.4 Å². The van der Waals surface area contributed by atoms with Gasteiger partial charge in [0.05, 0.1) is 22.1 Å². The zero-order valence-corrected chi connectivity index (χ0v) is 8.41. The van der Waals surface area contributed by atoms with E-state index in [1.807, 2.05) is 0 Å². The molecule has 1 heterocycles. The fraction of sp³-hybridized carbons (Fsp3) is 0.250. The van der Waals surface area contributed by atoms with Gasteiger partial charge in [0.2, 0.25) is 0 Å². The smallest absolute Gasteiger partial charge is 0.258 e. The Morgan fingerprint density at radius 1 is 1.69 bits per heavy atom. The molecule has 0 spiro atoms. The van der Waals surface area contributed by atoms with Crippen LogP contribution in [0.3, 0.4) is 0 Å². The molecule has 0 radical (unpaired) electrons. The molecule has 0 atom stereocenters. The molecule has 5 nitrogen and oxygen atoms in total. The zero-order valence-electron chi connectivity index (χ0n) is 7.65. The van der Waals surface area contributed by atoms with Gasteiger partial charge in [0.15, 0.2) is 0 Å². The number of halogens is 3. The van der Waals surface area contributed by atoms with E-state index in [2.05, 4.69) is 4.98 Å². The minimum atomic E-state index is -3.12. The van der Waals surface area contributed by atoms with Crippen molar-refractivity contribution in [3.63, 3.8) is 0 Å². The molecule has 0 unspecified atom stereocenters. The second-order valence-corrected chi connectivity index (χ2v) is 2.95. The number of pyridine rings is 1. The molecule has 1 aromatic heterocycles. The van der Waals surface area contributed by atoms with Gasteiger partial charge in [-0.3, -0.25) is 15.1 Å². The van der Waals surface area contributed by atoms with E-state index in [-0.39, 0.29) is 11.6 Å². The number of hydrogen-bond acceptors (Lipinski definition) is 4. The molecule has 84 valence electrons. The van der Waals surface area contributed by atoms with Gasteiger partial charge < -0.3 is 0 Å². The predicted octanol–water partition coefficient (Wildman–Crippen LogP) is 2.54. The highest BCUT2D eigenvalue weighted by molar-refractivity contribution is 6.17. The van der Waals surface area contributed by atoms with Gasteiger partial charge in [-0.1, -0.05) is 0 Å². The molecule has 0 aliphatic rings. The van der Waals surface area contributed by atoms with Crippen LogP contribution in [0.5, 0.6) is 0 Å². The third kappa shape index (κ3) is 2.06. The Morgan fingerprint density at radius 3 is 2.69 bits per heavy atom. The summed E-state index contributed by atoms with van der Waals surface area (Å²) in [6.45, 7) is 0. The lowest BCUT2D eigenvalue weighted by Gasteiger charge is -2.06. The van der Waals surface area contributed by atoms with E-state index >= 15 is 0 Å². The molecule has 0 bridgehead atoms. The quantitative estimate of drug-likeness (QED) is 0.467. The van der Waals surface area contributed by atoms with E-state index < -0.39 is 28.2 Å². The molecule has 0 saturated heterocycles. The predicted molar refractivity (Wildman–Crippen MR) is 50.1 cm³/mol. The summed E-state index contributed by atoms with van der Waals surface area (Å²) in [6.07, 6.45) is -2.44. The number of nitriles is 1. The summed E-state index contributed by atoms with van der Waals surface area (Å²) in [4.78, 5) is 13.0. The third-order valence-electron chi connectivity index (χ3n) is 1.83. The first-order valence-electron chi connectivity index (χ1n) is 3.93. The Kier molecular flexibility index (Phi) is 3.68. The molecule has 0 amide bonds. The fourth-order valence-electron chi connectivity index (χ4n) is 1.15. The van der Waals surface area contributed by atoms with E-state index in [1.54, 1.807) is 0 Å². The van der Waals surface area contributed by atoms with Crippen LogP contribution in [-0.4, -0.2) is 9.91 Å². The van der Waals surface area contributed by atoms with Gasteiger partial charge in [0, 0.05) is 0 Å². The number of nitro groups is 1. The zero-order chi connectivity index (χ0) is 12.3. The maximum Gasteiger partial charge on any atom is 0.297 e. The highest BCUT2D eigenvalue weighted by Crippen LogP contribution is 2.32. The lowest BCUT2D eigenvalue weighted by molar-refractivity contribution is -0.386. The molecular formula is C8H4ClF2N3O2. The highest BCUT2D eigenvalue weighted by Gasteiger charge is 2.28. The molecule has 0 aliphatic carbocycles. The maximum atomic E-state index is 12.6. The molecule has 0 fully saturated rings. The van der Waals surface area contributed by atoms with Crippen LogP contribution in [0, 0.1) is 21.4 Å². The van der Waals surface area contributed by atoms with Gasteiger partial charge in [0.25, 0.3) is 12.1 Å². The van der Waals surface area contributed by atoms with Crippen molar-refractivity contribution >= 4 is 17.3 Å². The molecule has 16 heavy (non-hydrogen) atoms. The van der Waals surface area contributed by atoms with E-state index in [9.17, 15) is 18.9 Å². The van der Waals surface area contributed by atoms with E-state index in [0.717, 1.165) is 0 Å². The van der Waals surface area contributed by atoms with Crippen LogP contribution >= 0.6 is 11.6 Å². The SMILES string of the molecule is N#Cc1c(CCl)ncc([N+](=O)[O-])c1C(F)F. The normalized spacial score (nSPS) is 10.2. The molecule has 0 saturated carbocycles. The number of rotatable bonds is 3. The molecule has 1 rings (SSSR count). The van der Waals surface area contributed by atoms with Crippen molar-refractivity contribution in [2.75, 3.05) is 0 Å². The van der Waals surface area contributed by atoms with Crippen molar-refractivity contribution < 1.29 is 13.7 Å². The van der Waals surface area contributed by atoms with Gasteiger partial charge in [-0.05, 0) is 0 Å². The van der Waals surface area contributed by atoms with Gasteiger partial charge in [0.1, 0.15) is 17.8 Å². The van der Waals surface area contributed by atoms with Crippen LogP contribution in [-0.2, 0) is 5.88 Å². The first-order valence-corrected chi connectivity index (χ1v) is 4.46. The van der Waals surface area contributed by atoms with Gasteiger partial charge in [-0.2, -0.15) is 5.26 Å². The lowest BCUT2D eigenvalue weighted by atomic mass is 10.1. The topological polar surface area (TPSA) is 79.8 Å². The van der Waals surface area contributed by atoms with Crippen LogP contribution in [0.2, 0.25) is 0 Å². The Morgan fingerprint density at radius 2 is 2.31 bits per heavy atom. The number of nitrogens with zero attached hydrogens (tertiary/aromatic N) is 3. The fourth-order valence-corrected chi connectivity index (χ4v) is 1.35. The van der Waals surface area contributed by atoms with Gasteiger partial charge >= 0.3 is 0 Å². The summed E-state index contributed by atoms with van der Waals surface area (Å²) < 4.78 is 25.3. The standard InChI is InChI=1S/C8H4ClF2N3O2/c9-1-5-4(2-12)7(8(10)11)6(3-13-5)14(15)16/h3,8H,1H2. The van der Waals surface area contributed by atoms with Crippen molar-refractivity contribution in [3.8, 4) is 6.07 Å². The molecule has 8 heteroatoms. The molecule has 1 aromatic rings. The third-order valence-corrected chi connectivity index (χ3v) is 2.08. The summed E-state index contributed by atoms with van der Waals surface area (Å²) in [5.41, 5.74) is -2.43. The van der Waals surface area contributed by atoms with Crippen LogP contribution < -0.4 is 0 Å². The van der Waals surface area contributed by atoms with Gasteiger partial charge in [-0.25, -0.2) is 8.78 Å². The second kappa shape index (κ2) is 4.81. The Hall–Kier alpha value is -1.81. The monoisotopic (exact) mass is 247 g/mol. The molecule has 0 N–H and O–H groups in total. The van der Waals surface area contributed by atoms with Gasteiger partial charge in [-0.15, -0.1) is 11.6 Å². The first-order chi connectivity index (χ1) is 7.52. The molecule has 0 aliphatic heterocycles. The van der Waals surface area contributed by atoms with Crippen molar-refractivity contribution in [3.05, 3.63) is 33.1 Å². The molecule has 0 aromatic carbocycles. The maximum absolute atomic E-state index is 12.6. The van der Waals surface area contributed by atoms with Crippen molar-refractivity contribution in [1.29, 1.82) is 5.26 Å². The summed E-state index contributed by atoms with van der Waals surface area (Å²) in [5, 5.41) is 19.2. The summed E-state index contributed by atoms with van der Waals surface area (Å²) >= 11 is 5.39. The van der Waals surface area contributed by atoms with Crippen LogP contribution in [0.15, 0.2) is 6.20 Å². The average molecular weight is 248 g/mol. The first kappa shape index (κ1) is 12.3. The number of alkyl halides is 3. The summed E-state index contributed by atoms with van der Waals surface area (Å²) in [5.74, 6) is -0.263. The van der Waals surface area contributed by atoms with E-state index in [0.29, 0.717) is 6.20 Å². The van der Waals surface area contributed by atoms with E-state index in [4.69, 9.17) is 16.9 Å². The highest BCUT2D eigenvalue weighted by atomic mass is 35.5. The van der Waals surface area contributed by atoms with Crippen LogP contribution in [0.4, 0.5) is 14.5 Å². The largest absolute Gasteiger partial charge is 0.297 e. The van der Waals surface area contributed by atoms with Crippen LogP contribution in [0.1, 0.15) is 23.2 Å². The van der Waals surface area contributed by atoms with Crippen molar-refractivity contribution in [2.45, 2.75) is 12.3 Å². The summed E-state index contributed by atoms with van der Waals surface area (Å²) in [6, 6.07) is 1.46. The number of aromatic nitrogens is 1. The average Bonchev–Trinajstić information content (AvgIpc) is 2.26. The minimum absolute atomic E-state index is 0.0925. The van der Waals surface area contributed by atoms with Crippen molar-refractivity contribution in [2.24, 2.45) is 0 Å². The summed E-state index contributed by atoms with van der Waals surface area (Å²) in [7, 11) is 0. The van der Waals surface area contributed by atoms with E-state index in [1.165, 1.54) is 6.07 Å². The lowest BCUT2D eigenvalue weighted by Crippen LogP contribution is -2.04.